The zero-order valence-electron chi connectivity index (χ0n) is 11.4. The average molecular weight is 341 g/mol. The molecule has 1 fully saturated rings. The summed E-state index contributed by atoms with van der Waals surface area (Å²) in [4.78, 5) is 6.75. The van der Waals surface area contributed by atoms with E-state index in [1.165, 1.54) is 18.9 Å². The van der Waals surface area contributed by atoms with Crippen LogP contribution in [-0.2, 0) is 6.54 Å². The third kappa shape index (κ3) is 2.54. The predicted molar refractivity (Wildman–Crippen MR) is 82.1 cm³/mol. The monoisotopic (exact) mass is 340 g/mol. The first-order valence-corrected chi connectivity index (χ1v) is 7.74. The van der Waals surface area contributed by atoms with Crippen molar-refractivity contribution < 1.29 is 4.39 Å². The molecule has 20 heavy (non-hydrogen) atoms. The van der Waals surface area contributed by atoms with E-state index >= 15 is 0 Å². The van der Waals surface area contributed by atoms with E-state index in [9.17, 15) is 4.39 Å². The Kier molecular flexibility index (Phi) is 3.69. The molecule has 0 radical (unpaired) electrons. The van der Waals surface area contributed by atoms with Gasteiger partial charge in [-0.15, -0.1) is 0 Å². The van der Waals surface area contributed by atoms with E-state index < -0.39 is 0 Å². The van der Waals surface area contributed by atoms with Crippen LogP contribution in [0.1, 0.15) is 19.8 Å². The minimum atomic E-state index is -0.284. The molecule has 6 heteroatoms. The van der Waals surface area contributed by atoms with Gasteiger partial charge in [-0.3, -0.25) is 4.90 Å². The zero-order chi connectivity index (χ0) is 14.3. The molecule has 0 saturated heterocycles. The number of anilines is 1. The maximum Gasteiger partial charge on any atom is 0.201 e. The Balaban J connectivity index is 1.86. The molecule has 0 atom stereocenters. The SMILES string of the molecule is CCN(CCn1c(N)nc2cc(Br)c(F)cc21)C1CC1. The van der Waals surface area contributed by atoms with Crippen LogP contribution in [-0.4, -0.2) is 33.6 Å². The highest BCUT2D eigenvalue weighted by molar-refractivity contribution is 9.10. The largest absolute Gasteiger partial charge is 0.369 e. The summed E-state index contributed by atoms with van der Waals surface area (Å²) >= 11 is 3.18. The van der Waals surface area contributed by atoms with Crippen molar-refractivity contribution in [2.24, 2.45) is 0 Å². The number of nitrogen functional groups attached to an aromatic ring is 1. The second-order valence-electron chi connectivity index (χ2n) is 5.24. The fourth-order valence-corrected chi connectivity index (χ4v) is 2.97. The van der Waals surface area contributed by atoms with E-state index in [2.05, 4.69) is 32.7 Å². The molecule has 108 valence electrons. The lowest BCUT2D eigenvalue weighted by molar-refractivity contribution is 0.268. The summed E-state index contributed by atoms with van der Waals surface area (Å²) in [6.45, 7) is 4.88. The number of hydrogen-bond acceptors (Lipinski definition) is 3. The lowest BCUT2D eigenvalue weighted by Crippen LogP contribution is -2.29. The Hall–Kier alpha value is -1.14. The molecule has 1 aromatic carbocycles. The second kappa shape index (κ2) is 5.33. The van der Waals surface area contributed by atoms with Crippen molar-refractivity contribution in [3.63, 3.8) is 0 Å². The molecule has 1 aromatic heterocycles. The summed E-state index contributed by atoms with van der Waals surface area (Å²) < 4.78 is 16.0. The smallest absolute Gasteiger partial charge is 0.201 e. The predicted octanol–water partition coefficient (Wildman–Crippen LogP) is 3.00. The number of benzene rings is 1. The minimum absolute atomic E-state index is 0.284. The average Bonchev–Trinajstić information content (AvgIpc) is 3.19. The lowest BCUT2D eigenvalue weighted by atomic mass is 10.3. The van der Waals surface area contributed by atoms with Crippen LogP contribution in [0.15, 0.2) is 16.6 Å². The molecule has 0 amide bonds. The van der Waals surface area contributed by atoms with Crippen molar-refractivity contribution in [1.29, 1.82) is 0 Å². The Morgan fingerprint density at radius 2 is 2.25 bits per heavy atom. The first kappa shape index (κ1) is 13.8. The lowest BCUT2D eigenvalue weighted by Gasteiger charge is -2.20. The van der Waals surface area contributed by atoms with Gasteiger partial charge in [0.1, 0.15) is 5.82 Å². The van der Waals surface area contributed by atoms with Gasteiger partial charge in [-0.05, 0) is 41.4 Å². The summed E-state index contributed by atoms with van der Waals surface area (Å²) in [6, 6.07) is 3.90. The summed E-state index contributed by atoms with van der Waals surface area (Å²) in [6.07, 6.45) is 2.57. The number of halogens is 2. The van der Waals surface area contributed by atoms with Gasteiger partial charge < -0.3 is 10.3 Å². The van der Waals surface area contributed by atoms with Crippen LogP contribution in [0.5, 0.6) is 0 Å². The van der Waals surface area contributed by atoms with E-state index in [1.54, 1.807) is 6.07 Å². The van der Waals surface area contributed by atoms with Gasteiger partial charge >= 0.3 is 0 Å². The van der Waals surface area contributed by atoms with Crippen molar-refractivity contribution in [2.45, 2.75) is 32.4 Å². The highest BCUT2D eigenvalue weighted by Gasteiger charge is 2.27. The van der Waals surface area contributed by atoms with Crippen LogP contribution >= 0.6 is 15.9 Å². The first-order valence-electron chi connectivity index (χ1n) is 6.95. The van der Waals surface area contributed by atoms with Gasteiger partial charge in [0.15, 0.2) is 0 Å². The van der Waals surface area contributed by atoms with Crippen molar-refractivity contribution in [3.8, 4) is 0 Å². The molecule has 1 aliphatic carbocycles. The summed E-state index contributed by atoms with van der Waals surface area (Å²) in [5.74, 6) is 0.164. The summed E-state index contributed by atoms with van der Waals surface area (Å²) in [5.41, 5.74) is 7.45. The molecule has 0 aliphatic heterocycles. The highest BCUT2D eigenvalue weighted by atomic mass is 79.9. The van der Waals surface area contributed by atoms with Crippen LogP contribution in [0.2, 0.25) is 0 Å². The Labute approximate surface area is 125 Å². The van der Waals surface area contributed by atoms with Crippen LogP contribution in [0.25, 0.3) is 11.0 Å². The van der Waals surface area contributed by atoms with Gasteiger partial charge in [-0.2, -0.15) is 0 Å². The highest BCUT2D eigenvalue weighted by Crippen LogP contribution is 2.28. The van der Waals surface area contributed by atoms with Crippen molar-refractivity contribution >= 4 is 32.9 Å². The van der Waals surface area contributed by atoms with Crippen LogP contribution in [0.3, 0.4) is 0 Å². The number of nitrogens with zero attached hydrogens (tertiary/aromatic N) is 3. The Morgan fingerprint density at radius 1 is 1.50 bits per heavy atom. The number of imidazole rings is 1. The molecule has 4 nitrogen and oxygen atoms in total. The van der Waals surface area contributed by atoms with Crippen molar-refractivity contribution in [2.75, 3.05) is 18.8 Å². The van der Waals surface area contributed by atoms with E-state index in [1.807, 2.05) is 4.57 Å². The van der Waals surface area contributed by atoms with Gasteiger partial charge in [0, 0.05) is 25.2 Å². The molecule has 1 heterocycles. The Morgan fingerprint density at radius 3 is 2.90 bits per heavy atom. The normalized spacial score (nSPS) is 15.4. The van der Waals surface area contributed by atoms with Crippen LogP contribution in [0, 0.1) is 5.82 Å². The van der Waals surface area contributed by atoms with Crippen molar-refractivity contribution in [1.82, 2.24) is 14.5 Å². The molecular weight excluding hydrogens is 323 g/mol. The minimum Gasteiger partial charge on any atom is -0.369 e. The van der Waals surface area contributed by atoms with Gasteiger partial charge in [0.2, 0.25) is 5.95 Å². The number of fused-ring (bicyclic) bond motifs is 1. The number of rotatable bonds is 5. The number of nitrogens with two attached hydrogens (primary N) is 1. The van der Waals surface area contributed by atoms with Gasteiger partial charge in [0.25, 0.3) is 0 Å². The summed E-state index contributed by atoms with van der Waals surface area (Å²) in [5, 5.41) is 0. The zero-order valence-corrected chi connectivity index (χ0v) is 13.0. The van der Waals surface area contributed by atoms with Crippen LogP contribution in [0.4, 0.5) is 10.3 Å². The van der Waals surface area contributed by atoms with E-state index in [-0.39, 0.29) is 5.82 Å². The number of hydrogen-bond donors (Lipinski definition) is 1. The molecule has 3 rings (SSSR count). The molecule has 0 bridgehead atoms. The third-order valence-corrected chi connectivity index (χ3v) is 4.51. The number of aromatic nitrogens is 2. The Bertz CT molecular complexity index is 636. The fraction of sp³-hybridized carbons (Fsp3) is 0.500. The molecule has 0 unspecified atom stereocenters. The molecule has 2 N–H and O–H groups in total. The second-order valence-corrected chi connectivity index (χ2v) is 6.09. The molecule has 1 aliphatic rings. The topological polar surface area (TPSA) is 47.1 Å². The maximum atomic E-state index is 13.7. The van der Waals surface area contributed by atoms with Crippen LogP contribution < -0.4 is 5.73 Å². The molecular formula is C14H18BrFN4. The fourth-order valence-electron chi connectivity index (χ4n) is 2.64. The number of likely N-dealkylation sites (N-methyl/N-ethyl adjacent to an activating group) is 1. The summed E-state index contributed by atoms with van der Waals surface area (Å²) in [7, 11) is 0. The van der Waals surface area contributed by atoms with Gasteiger partial charge in [-0.25, -0.2) is 9.37 Å². The third-order valence-electron chi connectivity index (χ3n) is 3.90. The molecule has 2 aromatic rings. The van der Waals surface area contributed by atoms with E-state index in [4.69, 9.17) is 5.73 Å². The van der Waals surface area contributed by atoms with E-state index in [0.717, 1.165) is 36.7 Å². The van der Waals surface area contributed by atoms with Gasteiger partial charge in [0.05, 0.1) is 15.5 Å². The first-order chi connectivity index (χ1) is 9.60. The van der Waals surface area contributed by atoms with Gasteiger partial charge in [-0.1, -0.05) is 6.92 Å². The maximum absolute atomic E-state index is 13.7. The van der Waals surface area contributed by atoms with E-state index in [0.29, 0.717) is 10.4 Å². The quantitative estimate of drug-likeness (QED) is 0.910. The standard InChI is InChI=1S/C14H18BrFN4/c1-2-19(9-3-4-9)5-6-20-13-8-11(16)10(15)7-12(13)18-14(20)17/h7-9H,2-6H2,1H3,(H2,17,18). The van der Waals surface area contributed by atoms with Crippen molar-refractivity contribution in [3.05, 3.63) is 22.4 Å². The molecule has 0 spiro atoms. The molecule has 1 saturated carbocycles.